The number of benzene rings is 2. The van der Waals surface area contributed by atoms with Crippen molar-refractivity contribution in [1.82, 2.24) is 5.32 Å². The van der Waals surface area contributed by atoms with Crippen LogP contribution in [-0.4, -0.2) is 12.5 Å². The van der Waals surface area contributed by atoms with Gasteiger partial charge in [-0.1, -0.05) is 29.3 Å². The van der Waals surface area contributed by atoms with E-state index in [0.717, 1.165) is 11.6 Å². The van der Waals surface area contributed by atoms with E-state index in [9.17, 15) is 13.6 Å². The summed E-state index contributed by atoms with van der Waals surface area (Å²) < 4.78 is 26.7. The summed E-state index contributed by atoms with van der Waals surface area (Å²) in [6.07, 6.45) is 0. The Balaban J connectivity index is 1.91. The first-order valence-corrected chi connectivity index (χ1v) is 8.56. The molecule has 1 amide bonds. The second kappa shape index (κ2) is 8.61. The molecule has 2 rings (SSSR count). The van der Waals surface area contributed by atoms with E-state index in [1.807, 2.05) is 6.92 Å². The molecule has 0 aliphatic rings. The van der Waals surface area contributed by atoms with Crippen LogP contribution in [-0.2, 0) is 4.79 Å². The summed E-state index contributed by atoms with van der Waals surface area (Å²) in [6, 6.07) is 7.90. The average molecular weight is 388 g/mol. The largest absolute Gasteiger partial charge is 0.345 e. The maximum absolute atomic E-state index is 13.7. The van der Waals surface area contributed by atoms with Crippen LogP contribution in [0.1, 0.15) is 37.1 Å². The van der Waals surface area contributed by atoms with E-state index in [2.05, 4.69) is 5.32 Å². The van der Waals surface area contributed by atoms with Crippen molar-refractivity contribution in [2.75, 3.05) is 6.54 Å². The lowest BCUT2D eigenvalue weighted by Crippen LogP contribution is -2.87. The summed E-state index contributed by atoms with van der Waals surface area (Å²) in [5.41, 5.74) is 1.11. The van der Waals surface area contributed by atoms with E-state index < -0.39 is 11.6 Å². The molecule has 0 spiro atoms. The molecule has 3 N–H and O–H groups in total. The number of halogens is 4. The van der Waals surface area contributed by atoms with Crippen LogP contribution in [0.25, 0.3) is 0 Å². The zero-order valence-corrected chi connectivity index (χ0v) is 15.3. The van der Waals surface area contributed by atoms with Crippen molar-refractivity contribution in [1.29, 1.82) is 0 Å². The van der Waals surface area contributed by atoms with Crippen LogP contribution in [0.3, 0.4) is 0 Å². The molecule has 0 aliphatic carbocycles. The third-order valence-electron chi connectivity index (χ3n) is 3.92. The Morgan fingerprint density at radius 2 is 1.80 bits per heavy atom. The number of nitrogens with two attached hydrogens (primary N) is 1. The van der Waals surface area contributed by atoms with E-state index >= 15 is 0 Å². The van der Waals surface area contributed by atoms with Gasteiger partial charge in [-0.25, -0.2) is 8.78 Å². The molecule has 0 unspecified atom stereocenters. The summed E-state index contributed by atoms with van der Waals surface area (Å²) in [5, 5.41) is 5.52. The van der Waals surface area contributed by atoms with Crippen LogP contribution >= 0.6 is 23.2 Å². The van der Waals surface area contributed by atoms with Crippen LogP contribution in [0, 0.1) is 11.6 Å². The van der Waals surface area contributed by atoms with Gasteiger partial charge in [0.1, 0.15) is 17.7 Å². The van der Waals surface area contributed by atoms with Crippen molar-refractivity contribution in [3.63, 3.8) is 0 Å². The van der Waals surface area contributed by atoms with Crippen molar-refractivity contribution in [2.45, 2.75) is 25.9 Å². The fraction of sp³-hybridized carbons (Fsp3) is 0.278. The molecule has 25 heavy (non-hydrogen) atoms. The number of rotatable bonds is 6. The highest BCUT2D eigenvalue weighted by Gasteiger charge is 2.18. The van der Waals surface area contributed by atoms with Gasteiger partial charge < -0.3 is 10.6 Å². The molecule has 0 saturated heterocycles. The lowest BCUT2D eigenvalue weighted by atomic mass is 10.1. The highest BCUT2D eigenvalue weighted by Crippen LogP contribution is 2.25. The molecule has 2 aromatic carbocycles. The minimum Gasteiger partial charge on any atom is -0.345 e. The first kappa shape index (κ1) is 19.6. The number of hydrogen-bond donors (Lipinski definition) is 2. The van der Waals surface area contributed by atoms with Gasteiger partial charge in [0.25, 0.3) is 5.91 Å². The molecule has 0 bridgehead atoms. The number of quaternary nitrogens is 1. The van der Waals surface area contributed by atoms with Crippen LogP contribution in [0.2, 0.25) is 10.0 Å². The van der Waals surface area contributed by atoms with Crippen molar-refractivity contribution in [3.8, 4) is 0 Å². The molecule has 0 aliphatic heterocycles. The molecule has 134 valence electrons. The average Bonchev–Trinajstić information content (AvgIpc) is 2.52. The standard InChI is InChI=1S/C18H18Cl2F2N2O/c1-10(15-6-4-13(21)8-17(15)22)23-9-18(25)24-11(2)14-5-3-12(19)7-16(14)20/h3-8,10-11,23H,9H2,1-2H3,(H,24,25)/p+1/t10-,11-/m1/s1. The molecule has 7 heteroatoms. The molecule has 0 radical (unpaired) electrons. The Morgan fingerprint density at radius 1 is 1.12 bits per heavy atom. The molecule has 0 heterocycles. The fourth-order valence-corrected chi connectivity index (χ4v) is 3.08. The SMILES string of the molecule is C[C@@H](NC(=O)C[NH2+][C@H](C)c1ccc(F)cc1F)c1ccc(Cl)cc1Cl. The van der Waals surface area contributed by atoms with Crippen LogP contribution in [0.5, 0.6) is 0 Å². The number of amides is 1. The molecule has 0 fully saturated rings. The van der Waals surface area contributed by atoms with Gasteiger partial charge in [0.05, 0.1) is 6.04 Å². The van der Waals surface area contributed by atoms with E-state index in [1.165, 1.54) is 12.1 Å². The number of carbonyl (C=O) groups is 1. The van der Waals surface area contributed by atoms with Gasteiger partial charge in [-0.3, -0.25) is 4.79 Å². The number of hydrogen-bond acceptors (Lipinski definition) is 1. The summed E-state index contributed by atoms with van der Waals surface area (Å²) in [5.74, 6) is -1.46. The van der Waals surface area contributed by atoms with Gasteiger partial charge in [0.2, 0.25) is 0 Å². The highest BCUT2D eigenvalue weighted by atomic mass is 35.5. The summed E-state index contributed by atoms with van der Waals surface area (Å²) >= 11 is 12.0. The van der Waals surface area contributed by atoms with Crippen molar-refractivity contribution in [3.05, 3.63) is 69.2 Å². The molecule has 2 atom stereocenters. The van der Waals surface area contributed by atoms with Gasteiger partial charge in [0, 0.05) is 21.7 Å². The molecular weight excluding hydrogens is 369 g/mol. The minimum absolute atomic E-state index is 0.105. The van der Waals surface area contributed by atoms with Crippen molar-refractivity contribution in [2.24, 2.45) is 0 Å². The minimum atomic E-state index is -0.625. The predicted molar refractivity (Wildman–Crippen MR) is 94.6 cm³/mol. The fourth-order valence-electron chi connectivity index (χ4n) is 2.51. The second-order valence-electron chi connectivity index (χ2n) is 5.85. The van der Waals surface area contributed by atoms with Gasteiger partial charge in [-0.2, -0.15) is 0 Å². The lowest BCUT2D eigenvalue weighted by Gasteiger charge is -2.17. The van der Waals surface area contributed by atoms with Gasteiger partial charge in [-0.05, 0) is 43.7 Å². The molecular formula is C18H19Cl2F2N2O+. The first-order chi connectivity index (χ1) is 11.8. The Kier molecular flexibility index (Phi) is 6.76. The Morgan fingerprint density at radius 3 is 2.44 bits per heavy atom. The van der Waals surface area contributed by atoms with Crippen LogP contribution < -0.4 is 10.6 Å². The predicted octanol–water partition coefficient (Wildman–Crippen LogP) is 3.77. The number of nitrogens with one attached hydrogen (secondary N) is 1. The van der Waals surface area contributed by atoms with E-state index in [0.29, 0.717) is 15.6 Å². The quantitative estimate of drug-likeness (QED) is 0.778. The third kappa shape index (κ3) is 5.39. The Bertz CT molecular complexity index is 771. The maximum Gasteiger partial charge on any atom is 0.275 e. The molecule has 0 aromatic heterocycles. The van der Waals surface area contributed by atoms with Gasteiger partial charge in [0.15, 0.2) is 6.54 Å². The van der Waals surface area contributed by atoms with E-state index in [1.54, 1.807) is 30.4 Å². The lowest BCUT2D eigenvalue weighted by molar-refractivity contribution is -0.682. The molecule has 3 nitrogen and oxygen atoms in total. The van der Waals surface area contributed by atoms with E-state index in [4.69, 9.17) is 23.2 Å². The van der Waals surface area contributed by atoms with Crippen molar-refractivity contribution >= 4 is 29.1 Å². The van der Waals surface area contributed by atoms with Crippen LogP contribution in [0.4, 0.5) is 8.78 Å². The normalized spacial score (nSPS) is 13.4. The van der Waals surface area contributed by atoms with Gasteiger partial charge >= 0.3 is 0 Å². The zero-order chi connectivity index (χ0) is 18.6. The summed E-state index contributed by atoms with van der Waals surface area (Å²) in [4.78, 5) is 12.1. The van der Waals surface area contributed by atoms with Gasteiger partial charge in [-0.15, -0.1) is 0 Å². The zero-order valence-electron chi connectivity index (χ0n) is 13.8. The third-order valence-corrected chi connectivity index (χ3v) is 4.48. The summed E-state index contributed by atoms with van der Waals surface area (Å²) in [7, 11) is 0. The smallest absolute Gasteiger partial charge is 0.275 e. The van der Waals surface area contributed by atoms with Crippen molar-refractivity contribution < 1.29 is 18.9 Å². The Hall–Kier alpha value is -1.69. The topological polar surface area (TPSA) is 45.7 Å². The molecule has 2 aromatic rings. The maximum atomic E-state index is 13.7. The summed E-state index contributed by atoms with van der Waals surface area (Å²) in [6.45, 7) is 3.67. The monoisotopic (exact) mass is 387 g/mol. The first-order valence-electron chi connectivity index (χ1n) is 7.80. The van der Waals surface area contributed by atoms with Crippen LogP contribution in [0.15, 0.2) is 36.4 Å². The second-order valence-corrected chi connectivity index (χ2v) is 6.69. The highest BCUT2D eigenvalue weighted by molar-refractivity contribution is 6.35. The van der Waals surface area contributed by atoms with E-state index in [-0.39, 0.29) is 24.5 Å². The molecule has 0 saturated carbocycles. The number of carbonyl (C=O) groups excluding carboxylic acids is 1. The Labute approximate surface area is 155 Å².